The molecule has 0 amide bonds. The molecule has 0 aliphatic heterocycles. The van der Waals surface area contributed by atoms with Gasteiger partial charge >= 0.3 is 12.1 Å². The number of amidine groups is 1. The third kappa shape index (κ3) is 7.84. The van der Waals surface area contributed by atoms with Crippen molar-refractivity contribution in [2.45, 2.75) is 51.0 Å². The van der Waals surface area contributed by atoms with Crippen LogP contribution in [0.1, 0.15) is 57.4 Å². The van der Waals surface area contributed by atoms with Crippen LogP contribution < -0.4 is 5.73 Å². The Morgan fingerprint density at radius 1 is 1.00 bits per heavy atom. The Kier molecular flexibility index (Phi) is 9.92. The van der Waals surface area contributed by atoms with Crippen LogP contribution in [-0.2, 0) is 24.1 Å². The molecule has 0 saturated heterocycles. The highest BCUT2D eigenvalue weighted by atomic mass is 19.4. The summed E-state index contributed by atoms with van der Waals surface area (Å²) in [6.07, 6.45) is 1.90. The maximum absolute atomic E-state index is 13.0. The van der Waals surface area contributed by atoms with Crippen LogP contribution in [0.2, 0.25) is 0 Å². The van der Waals surface area contributed by atoms with Crippen molar-refractivity contribution in [1.82, 2.24) is 4.90 Å². The second-order valence-corrected chi connectivity index (χ2v) is 10.5. The predicted molar refractivity (Wildman–Crippen MR) is 161 cm³/mol. The van der Waals surface area contributed by atoms with Gasteiger partial charge in [-0.2, -0.15) is 13.2 Å². The number of rotatable bonds is 11. The van der Waals surface area contributed by atoms with Crippen LogP contribution in [0.4, 0.5) is 13.2 Å². The number of nitrogens with two attached hydrogens (primary N) is 1. The molecule has 0 radical (unpaired) electrons. The number of aliphatic imine (C=N–C) groups is 2. The molecule has 0 heterocycles. The zero-order valence-corrected chi connectivity index (χ0v) is 23.7. The van der Waals surface area contributed by atoms with Crippen molar-refractivity contribution in [2.75, 3.05) is 6.54 Å². The number of alkyl halides is 3. The third-order valence-electron chi connectivity index (χ3n) is 7.53. The van der Waals surface area contributed by atoms with Crippen molar-refractivity contribution < 1.29 is 27.9 Å². The second-order valence-electron chi connectivity index (χ2n) is 10.5. The number of carboxylic acids is 1. The maximum atomic E-state index is 13.0. The lowest BCUT2D eigenvalue weighted by molar-refractivity contribution is -0.160. The molecule has 1 aliphatic rings. The molecule has 0 unspecified atom stereocenters. The van der Waals surface area contributed by atoms with Gasteiger partial charge in [-0.1, -0.05) is 78.4 Å². The van der Waals surface area contributed by atoms with E-state index in [1.807, 2.05) is 54.3 Å². The molecule has 0 spiro atoms. The number of halogens is 3. The van der Waals surface area contributed by atoms with Crippen molar-refractivity contribution in [2.24, 2.45) is 15.7 Å². The number of aliphatic carboxylic acids is 1. The Labute approximate surface area is 248 Å². The predicted octanol–water partition coefficient (Wildman–Crippen LogP) is 6.30. The third-order valence-corrected chi connectivity index (χ3v) is 7.53. The lowest BCUT2D eigenvalue weighted by atomic mass is 9.74. The van der Waals surface area contributed by atoms with Crippen molar-refractivity contribution in [3.8, 4) is 0 Å². The van der Waals surface area contributed by atoms with Crippen LogP contribution in [0, 0.1) is 6.92 Å². The average Bonchev–Trinajstić information content (AvgIpc) is 2.94. The Morgan fingerprint density at radius 3 is 2.26 bits per heavy atom. The number of benzene rings is 3. The van der Waals surface area contributed by atoms with E-state index in [1.54, 1.807) is 18.2 Å². The lowest BCUT2D eigenvalue weighted by Gasteiger charge is -2.47. The van der Waals surface area contributed by atoms with Gasteiger partial charge < -0.3 is 10.8 Å². The minimum atomic E-state index is -4.44. The molecule has 7 nitrogen and oxygen atoms in total. The highest BCUT2D eigenvalue weighted by Gasteiger charge is 2.49. The van der Waals surface area contributed by atoms with E-state index in [2.05, 4.69) is 9.98 Å². The SMILES string of the molecule is Cc1ccc(C(=O)C(N=CN)=NC/C=C/c2cccc(CN(Cc3ccc(C(F)(F)F)cc3)C3(C(=O)O)CCC3)c2)cc1. The number of carbonyl (C=O) groups is 2. The van der Waals surface area contributed by atoms with E-state index in [0.29, 0.717) is 30.5 Å². The molecule has 0 atom stereocenters. The largest absolute Gasteiger partial charge is 0.480 e. The maximum Gasteiger partial charge on any atom is 0.416 e. The van der Waals surface area contributed by atoms with E-state index in [4.69, 9.17) is 5.73 Å². The number of hydrogen-bond acceptors (Lipinski definition) is 4. The van der Waals surface area contributed by atoms with E-state index in [1.165, 1.54) is 12.1 Å². The number of aryl methyl sites for hydroxylation is 1. The molecule has 43 heavy (non-hydrogen) atoms. The summed E-state index contributed by atoms with van der Waals surface area (Å²) in [5.74, 6) is -1.28. The second kappa shape index (κ2) is 13.6. The van der Waals surface area contributed by atoms with E-state index >= 15 is 0 Å². The Hall–Kier alpha value is -4.57. The number of ketones is 1. The zero-order valence-electron chi connectivity index (χ0n) is 23.7. The molecule has 1 fully saturated rings. The van der Waals surface area contributed by atoms with Gasteiger partial charge in [-0.3, -0.25) is 19.5 Å². The highest BCUT2D eigenvalue weighted by Crippen LogP contribution is 2.40. The molecular weight excluding hydrogens is 557 g/mol. The van der Waals surface area contributed by atoms with Gasteiger partial charge in [-0.25, -0.2) is 4.99 Å². The summed E-state index contributed by atoms with van der Waals surface area (Å²) in [7, 11) is 0. The standard InChI is InChI=1S/C33H33F3N4O3/c1-23-8-12-27(13-9-23)29(41)30(39-22-37)38-18-3-7-24-5-2-6-26(19-24)21-40(32(31(42)43)16-4-17-32)20-25-10-14-28(15-11-25)33(34,35)36/h2-3,5-15,19,22H,4,16-18,20-21H2,1H3,(H,42,43)(H2,37,38,39)/b7-3+. The number of hydrogen-bond donors (Lipinski definition) is 2. The fourth-order valence-electron chi connectivity index (χ4n) is 4.97. The van der Waals surface area contributed by atoms with Gasteiger partial charge in [0.15, 0.2) is 5.84 Å². The quantitative estimate of drug-likeness (QED) is 0.155. The minimum Gasteiger partial charge on any atom is -0.480 e. The topological polar surface area (TPSA) is 108 Å². The monoisotopic (exact) mass is 590 g/mol. The number of Topliss-reactive ketones (excluding diaryl/α,β-unsaturated/α-hetero) is 1. The van der Waals surface area contributed by atoms with Crippen LogP contribution >= 0.6 is 0 Å². The number of nitrogens with zero attached hydrogens (tertiary/aromatic N) is 3. The Balaban J connectivity index is 1.49. The molecule has 1 saturated carbocycles. The molecule has 3 aromatic carbocycles. The van der Waals surface area contributed by atoms with Gasteiger partial charge in [0.1, 0.15) is 5.54 Å². The van der Waals surface area contributed by atoms with Crippen molar-refractivity contribution in [3.63, 3.8) is 0 Å². The van der Waals surface area contributed by atoms with Gasteiger partial charge in [0.2, 0.25) is 5.78 Å². The first-order valence-electron chi connectivity index (χ1n) is 13.8. The van der Waals surface area contributed by atoms with E-state index in [-0.39, 0.29) is 24.7 Å². The van der Waals surface area contributed by atoms with E-state index in [0.717, 1.165) is 41.6 Å². The molecular formula is C33H33F3N4O3. The molecule has 10 heteroatoms. The molecule has 4 rings (SSSR count). The summed E-state index contributed by atoms with van der Waals surface area (Å²) in [5, 5.41) is 10.1. The first-order chi connectivity index (χ1) is 20.5. The average molecular weight is 591 g/mol. The van der Waals surface area contributed by atoms with E-state index in [9.17, 15) is 27.9 Å². The molecule has 224 valence electrons. The van der Waals surface area contributed by atoms with Crippen LogP contribution in [0.5, 0.6) is 0 Å². The smallest absolute Gasteiger partial charge is 0.416 e. The molecule has 1 aliphatic carbocycles. The fourth-order valence-corrected chi connectivity index (χ4v) is 4.97. The van der Waals surface area contributed by atoms with Gasteiger partial charge in [0, 0.05) is 18.7 Å². The Morgan fingerprint density at radius 2 is 1.67 bits per heavy atom. The van der Waals surface area contributed by atoms with Crippen molar-refractivity contribution in [1.29, 1.82) is 0 Å². The molecule has 3 N–H and O–H groups in total. The lowest BCUT2D eigenvalue weighted by Crippen LogP contribution is -2.58. The van der Waals surface area contributed by atoms with Gasteiger partial charge in [0.05, 0.1) is 18.4 Å². The highest BCUT2D eigenvalue weighted by molar-refractivity contribution is 6.46. The summed E-state index contributed by atoms with van der Waals surface area (Å²) >= 11 is 0. The zero-order chi connectivity index (χ0) is 31.0. The Bertz CT molecular complexity index is 1520. The van der Waals surface area contributed by atoms with Crippen LogP contribution in [0.3, 0.4) is 0 Å². The summed E-state index contributed by atoms with van der Waals surface area (Å²) in [5.41, 5.74) is 7.39. The first kappa shape index (κ1) is 31.4. The summed E-state index contributed by atoms with van der Waals surface area (Å²) in [4.78, 5) is 35.2. The molecule has 0 aromatic heterocycles. The minimum absolute atomic E-state index is 0.0110. The van der Waals surface area contributed by atoms with Crippen LogP contribution in [0.25, 0.3) is 6.08 Å². The van der Waals surface area contributed by atoms with Crippen molar-refractivity contribution >= 4 is 30.0 Å². The number of carboxylic acid groups (broad SMARTS) is 1. The van der Waals surface area contributed by atoms with Crippen molar-refractivity contribution in [3.05, 3.63) is 112 Å². The molecule has 0 bridgehead atoms. The van der Waals surface area contributed by atoms with Gasteiger partial charge in [-0.05, 0) is 55.0 Å². The van der Waals surface area contributed by atoms with Gasteiger partial charge in [0.25, 0.3) is 0 Å². The first-order valence-corrected chi connectivity index (χ1v) is 13.8. The summed E-state index contributed by atoms with van der Waals surface area (Å²) in [6, 6.07) is 19.5. The van der Waals surface area contributed by atoms with Gasteiger partial charge in [-0.15, -0.1) is 0 Å². The van der Waals surface area contributed by atoms with Crippen LogP contribution in [-0.4, -0.2) is 46.0 Å². The van der Waals surface area contributed by atoms with Crippen LogP contribution in [0.15, 0.2) is 88.9 Å². The summed E-state index contributed by atoms with van der Waals surface area (Å²) < 4.78 is 39.1. The molecule has 3 aromatic rings. The number of carbonyl (C=O) groups excluding carboxylic acids is 1. The normalized spacial score (nSPS) is 15.2. The summed E-state index contributed by atoms with van der Waals surface area (Å²) in [6.45, 7) is 2.60. The van der Waals surface area contributed by atoms with E-state index < -0.39 is 23.2 Å². The fraction of sp³-hybridized carbons (Fsp3) is 0.273.